The van der Waals surface area contributed by atoms with Gasteiger partial charge in [-0.15, -0.1) is 11.6 Å². The van der Waals surface area contributed by atoms with Crippen molar-refractivity contribution in [1.29, 1.82) is 0 Å². The highest BCUT2D eigenvalue weighted by Crippen LogP contribution is 2.25. The molecule has 0 aliphatic carbocycles. The first kappa shape index (κ1) is 15.4. The summed E-state index contributed by atoms with van der Waals surface area (Å²) in [7, 11) is 3.97. The fraction of sp³-hybridized carbons (Fsp3) is 0.235. The molecule has 0 aliphatic rings. The summed E-state index contributed by atoms with van der Waals surface area (Å²) >= 11 is 6.22. The van der Waals surface area contributed by atoms with Crippen LogP contribution in [0.5, 0.6) is 0 Å². The van der Waals surface area contributed by atoms with Crippen LogP contribution in [0, 0.1) is 6.92 Å². The van der Waals surface area contributed by atoms with Crippen LogP contribution in [0.25, 0.3) is 0 Å². The molecule has 1 N–H and O–H groups in total. The number of rotatable bonds is 4. The molecule has 21 heavy (non-hydrogen) atoms. The summed E-state index contributed by atoms with van der Waals surface area (Å²) < 4.78 is 0. The Labute approximate surface area is 130 Å². The third-order valence-electron chi connectivity index (χ3n) is 3.31. The number of halogens is 1. The predicted octanol–water partition coefficient (Wildman–Crippen LogP) is 3.98. The monoisotopic (exact) mass is 302 g/mol. The molecular formula is C17H19ClN2O. The Kier molecular flexibility index (Phi) is 4.86. The van der Waals surface area contributed by atoms with Gasteiger partial charge in [0.25, 0.3) is 0 Å². The van der Waals surface area contributed by atoms with Gasteiger partial charge in [-0.2, -0.15) is 0 Å². The number of aryl methyl sites for hydroxylation is 1. The highest BCUT2D eigenvalue weighted by molar-refractivity contribution is 6.32. The van der Waals surface area contributed by atoms with Gasteiger partial charge in [-0.25, -0.2) is 0 Å². The SMILES string of the molecule is Cc1cc(N(C)C)ccc1NC(=O)C(Cl)c1ccccc1. The van der Waals surface area contributed by atoms with E-state index in [1.54, 1.807) is 0 Å². The zero-order valence-electron chi connectivity index (χ0n) is 12.4. The van der Waals surface area contributed by atoms with E-state index in [2.05, 4.69) is 5.32 Å². The van der Waals surface area contributed by atoms with Gasteiger partial charge in [0, 0.05) is 25.5 Å². The first-order valence-electron chi connectivity index (χ1n) is 6.77. The molecule has 3 nitrogen and oxygen atoms in total. The molecule has 0 bridgehead atoms. The Morgan fingerprint density at radius 1 is 1.14 bits per heavy atom. The fourth-order valence-electron chi connectivity index (χ4n) is 2.04. The molecule has 0 spiro atoms. The second-order valence-corrected chi connectivity index (χ2v) is 5.59. The van der Waals surface area contributed by atoms with E-state index in [9.17, 15) is 4.79 Å². The molecule has 2 aromatic carbocycles. The Bertz CT molecular complexity index is 626. The molecule has 0 heterocycles. The lowest BCUT2D eigenvalue weighted by Gasteiger charge is -2.16. The zero-order chi connectivity index (χ0) is 15.4. The molecule has 1 amide bonds. The molecule has 1 unspecified atom stereocenters. The van der Waals surface area contributed by atoms with Gasteiger partial charge in [-0.05, 0) is 36.2 Å². The summed E-state index contributed by atoms with van der Waals surface area (Å²) in [6.45, 7) is 1.97. The van der Waals surface area contributed by atoms with Gasteiger partial charge in [-0.3, -0.25) is 4.79 Å². The van der Waals surface area contributed by atoms with E-state index < -0.39 is 5.38 Å². The zero-order valence-corrected chi connectivity index (χ0v) is 13.2. The topological polar surface area (TPSA) is 32.3 Å². The van der Waals surface area contributed by atoms with Crippen molar-refractivity contribution >= 4 is 28.9 Å². The Morgan fingerprint density at radius 2 is 1.81 bits per heavy atom. The number of carbonyl (C=O) groups excluding carboxylic acids is 1. The van der Waals surface area contributed by atoms with Crippen molar-refractivity contribution in [1.82, 2.24) is 0 Å². The third kappa shape index (κ3) is 3.76. The third-order valence-corrected chi connectivity index (χ3v) is 3.76. The maximum absolute atomic E-state index is 12.2. The minimum atomic E-state index is -0.695. The standard InChI is InChI=1S/C17H19ClN2O/c1-12-11-14(20(2)3)9-10-15(12)19-17(21)16(18)13-7-5-4-6-8-13/h4-11,16H,1-3H3,(H,19,21). The van der Waals surface area contributed by atoms with E-state index in [0.717, 1.165) is 22.5 Å². The number of carbonyl (C=O) groups is 1. The van der Waals surface area contributed by atoms with Crippen molar-refractivity contribution in [2.24, 2.45) is 0 Å². The Balaban J connectivity index is 2.13. The lowest BCUT2D eigenvalue weighted by molar-refractivity contribution is -0.116. The molecule has 1 atom stereocenters. The maximum Gasteiger partial charge on any atom is 0.246 e. The number of hydrogen-bond donors (Lipinski definition) is 1. The van der Waals surface area contributed by atoms with Crippen LogP contribution in [-0.4, -0.2) is 20.0 Å². The van der Waals surface area contributed by atoms with E-state index in [1.165, 1.54) is 0 Å². The van der Waals surface area contributed by atoms with Crippen LogP contribution in [-0.2, 0) is 4.79 Å². The molecule has 0 aromatic heterocycles. The first-order chi connectivity index (χ1) is 9.99. The molecule has 0 saturated heterocycles. The quantitative estimate of drug-likeness (QED) is 0.866. The van der Waals surface area contributed by atoms with Crippen molar-refractivity contribution < 1.29 is 4.79 Å². The summed E-state index contributed by atoms with van der Waals surface area (Å²) in [6.07, 6.45) is 0. The van der Waals surface area contributed by atoms with Gasteiger partial charge >= 0.3 is 0 Å². The molecule has 110 valence electrons. The lowest BCUT2D eigenvalue weighted by Crippen LogP contribution is -2.18. The summed E-state index contributed by atoms with van der Waals surface area (Å²) in [4.78, 5) is 14.3. The van der Waals surface area contributed by atoms with Gasteiger partial charge in [0.05, 0.1) is 0 Å². The van der Waals surface area contributed by atoms with E-state index >= 15 is 0 Å². The van der Waals surface area contributed by atoms with Crippen LogP contribution >= 0.6 is 11.6 Å². The smallest absolute Gasteiger partial charge is 0.246 e. The average molecular weight is 303 g/mol. The van der Waals surface area contributed by atoms with Crippen molar-refractivity contribution in [2.45, 2.75) is 12.3 Å². The molecule has 0 aliphatic heterocycles. The van der Waals surface area contributed by atoms with Crippen LogP contribution in [0.3, 0.4) is 0 Å². The molecular weight excluding hydrogens is 284 g/mol. The van der Waals surface area contributed by atoms with Gasteiger partial charge in [0.15, 0.2) is 0 Å². The Morgan fingerprint density at radius 3 is 2.38 bits per heavy atom. The Hall–Kier alpha value is -2.00. The van der Waals surface area contributed by atoms with Crippen molar-refractivity contribution in [3.63, 3.8) is 0 Å². The molecule has 4 heteroatoms. The second-order valence-electron chi connectivity index (χ2n) is 5.16. The van der Waals surface area contributed by atoms with E-state index in [1.807, 2.05) is 74.4 Å². The normalized spacial score (nSPS) is 11.8. The average Bonchev–Trinajstić information content (AvgIpc) is 2.49. The molecule has 0 saturated carbocycles. The summed E-state index contributed by atoms with van der Waals surface area (Å²) in [5, 5.41) is 2.19. The number of anilines is 2. The van der Waals surface area contributed by atoms with Crippen molar-refractivity contribution in [3.8, 4) is 0 Å². The number of amides is 1. The van der Waals surface area contributed by atoms with Crippen LogP contribution < -0.4 is 10.2 Å². The number of nitrogens with zero attached hydrogens (tertiary/aromatic N) is 1. The minimum Gasteiger partial charge on any atom is -0.378 e. The van der Waals surface area contributed by atoms with Gasteiger partial charge < -0.3 is 10.2 Å². The minimum absolute atomic E-state index is 0.219. The summed E-state index contributed by atoms with van der Waals surface area (Å²) in [5.74, 6) is -0.219. The second kappa shape index (κ2) is 6.64. The van der Waals surface area contributed by atoms with Gasteiger partial charge in [-0.1, -0.05) is 30.3 Å². The predicted molar refractivity (Wildman–Crippen MR) is 89.2 cm³/mol. The van der Waals surface area contributed by atoms with E-state index in [-0.39, 0.29) is 5.91 Å². The van der Waals surface area contributed by atoms with E-state index in [4.69, 9.17) is 11.6 Å². The fourth-order valence-corrected chi connectivity index (χ4v) is 2.24. The number of hydrogen-bond acceptors (Lipinski definition) is 2. The van der Waals surface area contributed by atoms with Gasteiger partial charge in [0.2, 0.25) is 5.91 Å². The van der Waals surface area contributed by atoms with Crippen LogP contribution in [0.4, 0.5) is 11.4 Å². The first-order valence-corrected chi connectivity index (χ1v) is 7.20. The van der Waals surface area contributed by atoms with Crippen molar-refractivity contribution in [3.05, 3.63) is 59.7 Å². The highest BCUT2D eigenvalue weighted by atomic mass is 35.5. The van der Waals surface area contributed by atoms with Crippen LogP contribution in [0.2, 0.25) is 0 Å². The summed E-state index contributed by atoms with van der Waals surface area (Å²) in [5.41, 5.74) is 3.67. The maximum atomic E-state index is 12.2. The van der Waals surface area contributed by atoms with Crippen molar-refractivity contribution in [2.75, 3.05) is 24.3 Å². The molecule has 0 radical (unpaired) electrons. The van der Waals surface area contributed by atoms with Crippen LogP contribution in [0.1, 0.15) is 16.5 Å². The number of alkyl halides is 1. The van der Waals surface area contributed by atoms with Crippen LogP contribution in [0.15, 0.2) is 48.5 Å². The highest BCUT2D eigenvalue weighted by Gasteiger charge is 2.18. The largest absolute Gasteiger partial charge is 0.378 e. The number of nitrogens with one attached hydrogen (secondary N) is 1. The lowest BCUT2D eigenvalue weighted by atomic mass is 10.1. The molecule has 2 aromatic rings. The summed E-state index contributed by atoms with van der Waals surface area (Å²) in [6, 6.07) is 15.2. The molecule has 2 rings (SSSR count). The number of benzene rings is 2. The van der Waals surface area contributed by atoms with Gasteiger partial charge in [0.1, 0.15) is 5.38 Å². The molecule has 0 fully saturated rings. The van der Waals surface area contributed by atoms with E-state index in [0.29, 0.717) is 0 Å².